The molecule has 0 unspecified atom stereocenters. The molecule has 1 aromatic heterocycles. The van der Waals surface area contributed by atoms with Crippen molar-refractivity contribution >= 4 is 28.3 Å². The Balaban J connectivity index is 1.88. The Kier molecular flexibility index (Phi) is 6.71. The molecule has 1 aliphatic rings. The molecule has 0 atom stereocenters. The van der Waals surface area contributed by atoms with Crippen molar-refractivity contribution in [1.82, 2.24) is 9.55 Å². The summed E-state index contributed by atoms with van der Waals surface area (Å²) in [4.78, 5) is 20.4. The number of methoxy groups -OCH3 is 1. The Hall–Kier alpha value is -3.38. The lowest BCUT2D eigenvalue weighted by molar-refractivity contribution is 0.413. The van der Waals surface area contributed by atoms with Gasteiger partial charge in [-0.3, -0.25) is 4.57 Å². The van der Waals surface area contributed by atoms with E-state index in [1.165, 1.54) is 13.2 Å². The minimum Gasteiger partial charge on any atom is -0.496 e. The van der Waals surface area contributed by atoms with Crippen LogP contribution in [-0.4, -0.2) is 29.8 Å². The highest BCUT2D eigenvalue weighted by atomic mass is 35.5. The van der Waals surface area contributed by atoms with Gasteiger partial charge >= 0.3 is 5.69 Å². The van der Waals surface area contributed by atoms with E-state index in [2.05, 4.69) is 23.7 Å². The molecule has 0 bridgehead atoms. The van der Waals surface area contributed by atoms with Crippen LogP contribution in [-0.2, 0) is 0 Å². The molecule has 2 heterocycles. The zero-order valence-electron chi connectivity index (χ0n) is 20.7. The molecule has 1 saturated heterocycles. The smallest absolute Gasteiger partial charge is 0.354 e. The van der Waals surface area contributed by atoms with Crippen molar-refractivity contribution in [2.24, 2.45) is 0 Å². The van der Waals surface area contributed by atoms with Gasteiger partial charge in [0.05, 0.1) is 23.9 Å². The maximum absolute atomic E-state index is 15.1. The topological polar surface area (TPSA) is 47.4 Å². The third kappa shape index (κ3) is 4.24. The van der Waals surface area contributed by atoms with E-state index in [0.29, 0.717) is 27.7 Å². The van der Waals surface area contributed by atoms with Crippen LogP contribution in [0.4, 0.5) is 10.2 Å². The summed E-state index contributed by atoms with van der Waals surface area (Å²) in [5.74, 6) is 0.737. The van der Waals surface area contributed by atoms with Crippen LogP contribution < -0.4 is 15.3 Å². The van der Waals surface area contributed by atoms with Crippen molar-refractivity contribution in [2.45, 2.75) is 39.0 Å². The molecule has 7 heteroatoms. The normalized spacial score (nSPS) is 14.0. The van der Waals surface area contributed by atoms with Crippen LogP contribution in [0, 0.1) is 5.82 Å². The fourth-order valence-electron chi connectivity index (χ4n) is 5.12. The van der Waals surface area contributed by atoms with Crippen LogP contribution in [0.15, 0.2) is 59.4 Å². The monoisotopic (exact) mass is 505 g/mol. The number of nitrogens with zero attached hydrogens (tertiary/aromatic N) is 3. The Bertz CT molecular complexity index is 1490. The van der Waals surface area contributed by atoms with E-state index in [1.807, 2.05) is 30.3 Å². The average Bonchev–Trinajstić information content (AvgIpc) is 2.88. The maximum Gasteiger partial charge on any atom is 0.354 e. The number of fused-ring (bicyclic) bond motifs is 1. The predicted molar refractivity (Wildman–Crippen MR) is 144 cm³/mol. The molecule has 3 aromatic carbocycles. The van der Waals surface area contributed by atoms with Crippen molar-refractivity contribution in [3.63, 3.8) is 0 Å². The van der Waals surface area contributed by atoms with Gasteiger partial charge in [0.2, 0.25) is 0 Å². The average molecular weight is 506 g/mol. The minimum absolute atomic E-state index is 0.184. The molecule has 1 fully saturated rings. The molecule has 0 radical (unpaired) electrons. The summed E-state index contributed by atoms with van der Waals surface area (Å²) in [6, 6.07) is 16.1. The third-order valence-electron chi connectivity index (χ3n) is 6.88. The van der Waals surface area contributed by atoms with Gasteiger partial charge in [0, 0.05) is 29.1 Å². The second-order valence-corrected chi connectivity index (χ2v) is 9.89. The number of aromatic nitrogens is 2. The van der Waals surface area contributed by atoms with Crippen molar-refractivity contribution in [3.05, 3.63) is 81.5 Å². The molecule has 5 rings (SSSR count). The van der Waals surface area contributed by atoms with E-state index in [4.69, 9.17) is 16.3 Å². The molecule has 36 heavy (non-hydrogen) atoms. The van der Waals surface area contributed by atoms with Crippen LogP contribution >= 0.6 is 11.6 Å². The zero-order chi connectivity index (χ0) is 25.4. The predicted octanol–water partition coefficient (Wildman–Crippen LogP) is 6.97. The second-order valence-electron chi connectivity index (χ2n) is 9.48. The SMILES string of the molecule is COc1cccc(F)c1-c1cc2c(cc1Cl)c(N1CCCCC1)nc(=O)n2-c1ccccc1C(C)C. The first kappa shape index (κ1) is 24.3. The number of hydrogen-bond donors (Lipinski definition) is 0. The number of piperidine rings is 1. The number of benzene rings is 3. The Morgan fingerprint density at radius 2 is 1.78 bits per heavy atom. The van der Waals surface area contributed by atoms with E-state index in [9.17, 15) is 4.79 Å². The lowest BCUT2D eigenvalue weighted by Gasteiger charge is -2.29. The Labute approximate surface area is 215 Å². The third-order valence-corrected chi connectivity index (χ3v) is 7.19. The lowest BCUT2D eigenvalue weighted by Crippen LogP contribution is -2.34. The summed E-state index contributed by atoms with van der Waals surface area (Å²) in [7, 11) is 1.50. The fraction of sp³-hybridized carbons (Fsp3) is 0.310. The van der Waals surface area contributed by atoms with Gasteiger partial charge in [-0.15, -0.1) is 0 Å². The molecular formula is C29H29ClFN3O2. The highest BCUT2D eigenvalue weighted by Gasteiger charge is 2.23. The zero-order valence-corrected chi connectivity index (χ0v) is 21.5. The van der Waals surface area contributed by atoms with Crippen LogP contribution in [0.25, 0.3) is 27.7 Å². The first-order valence-corrected chi connectivity index (χ1v) is 12.7. The second kappa shape index (κ2) is 9.94. The molecule has 0 amide bonds. The largest absolute Gasteiger partial charge is 0.496 e. The maximum atomic E-state index is 15.1. The van der Waals surface area contributed by atoms with E-state index in [1.54, 1.807) is 22.8 Å². The van der Waals surface area contributed by atoms with Gasteiger partial charge < -0.3 is 9.64 Å². The van der Waals surface area contributed by atoms with Crippen LogP contribution in [0.3, 0.4) is 0 Å². The number of hydrogen-bond acceptors (Lipinski definition) is 4. The minimum atomic E-state index is -0.447. The van der Waals surface area contributed by atoms with Gasteiger partial charge in [-0.2, -0.15) is 4.98 Å². The van der Waals surface area contributed by atoms with E-state index in [0.717, 1.165) is 49.0 Å². The highest BCUT2D eigenvalue weighted by Crippen LogP contribution is 2.41. The van der Waals surface area contributed by atoms with E-state index in [-0.39, 0.29) is 17.2 Å². The van der Waals surface area contributed by atoms with Crippen molar-refractivity contribution in [2.75, 3.05) is 25.1 Å². The van der Waals surface area contributed by atoms with Gasteiger partial charge in [-0.1, -0.05) is 49.7 Å². The molecular weight excluding hydrogens is 477 g/mol. The van der Waals surface area contributed by atoms with Crippen LogP contribution in [0.5, 0.6) is 5.75 Å². The van der Waals surface area contributed by atoms with Gasteiger partial charge in [-0.25, -0.2) is 9.18 Å². The van der Waals surface area contributed by atoms with Crippen molar-refractivity contribution in [3.8, 4) is 22.6 Å². The van der Waals surface area contributed by atoms with Gasteiger partial charge in [0.15, 0.2) is 0 Å². The first-order chi connectivity index (χ1) is 17.4. The lowest BCUT2D eigenvalue weighted by atomic mass is 9.99. The van der Waals surface area contributed by atoms with Crippen molar-refractivity contribution < 1.29 is 9.13 Å². The number of anilines is 1. The van der Waals surface area contributed by atoms with Crippen molar-refractivity contribution in [1.29, 1.82) is 0 Å². The standard InChI is InChI=1S/C29H29ClFN3O2/c1-18(2)19-10-5-6-12-24(19)34-25-17-20(27-23(31)11-9-13-26(27)36-3)22(30)16-21(25)28(32-29(34)35)33-14-7-4-8-15-33/h5-6,9-13,16-18H,4,7-8,14-15H2,1-3H3. The number of para-hydroxylation sites is 1. The van der Waals surface area contributed by atoms with E-state index >= 15 is 4.39 Å². The van der Waals surface area contributed by atoms with Crippen LogP contribution in [0.2, 0.25) is 5.02 Å². The molecule has 1 aliphatic heterocycles. The molecule has 186 valence electrons. The summed E-state index contributed by atoms with van der Waals surface area (Å²) in [6.07, 6.45) is 3.24. The molecule has 0 N–H and O–H groups in total. The van der Waals surface area contributed by atoms with Crippen LogP contribution in [0.1, 0.15) is 44.6 Å². The summed E-state index contributed by atoms with van der Waals surface area (Å²) in [5, 5.41) is 1.13. The summed E-state index contributed by atoms with van der Waals surface area (Å²) in [6.45, 7) is 5.84. The van der Waals surface area contributed by atoms with Gasteiger partial charge in [0.25, 0.3) is 0 Å². The molecule has 0 spiro atoms. The summed E-state index contributed by atoms with van der Waals surface area (Å²) in [5.41, 5.74) is 2.77. The highest BCUT2D eigenvalue weighted by molar-refractivity contribution is 6.34. The summed E-state index contributed by atoms with van der Waals surface area (Å²) < 4.78 is 22.2. The summed E-state index contributed by atoms with van der Waals surface area (Å²) >= 11 is 6.81. The number of ether oxygens (including phenoxy) is 1. The number of halogens is 2. The molecule has 0 saturated carbocycles. The quantitative estimate of drug-likeness (QED) is 0.294. The molecule has 5 nitrogen and oxygen atoms in total. The van der Waals surface area contributed by atoms with Gasteiger partial charge in [0.1, 0.15) is 17.4 Å². The molecule has 0 aliphatic carbocycles. The Morgan fingerprint density at radius 3 is 2.50 bits per heavy atom. The van der Waals surface area contributed by atoms with E-state index < -0.39 is 5.82 Å². The van der Waals surface area contributed by atoms with Gasteiger partial charge in [-0.05, 0) is 61.1 Å². The fourth-order valence-corrected chi connectivity index (χ4v) is 5.37. The first-order valence-electron chi connectivity index (χ1n) is 12.3. The molecule has 4 aromatic rings. The Morgan fingerprint density at radius 1 is 1.03 bits per heavy atom. The number of rotatable bonds is 5.